The summed E-state index contributed by atoms with van der Waals surface area (Å²) in [6.45, 7) is 2.02. The molecule has 0 radical (unpaired) electrons. The Morgan fingerprint density at radius 1 is 0.906 bits per heavy atom. The first kappa shape index (κ1) is 21.2. The van der Waals surface area contributed by atoms with Gasteiger partial charge in [0.1, 0.15) is 12.4 Å². The SMILES string of the molecule is COC(=O)c1ccc(-c2c[nH]c3ccc(C(=O)OCc4ccccc4)cc23)c(OC)c1C. The lowest BCUT2D eigenvalue weighted by atomic mass is 9.97. The molecule has 4 rings (SSSR count). The van der Waals surface area contributed by atoms with Crippen molar-refractivity contribution in [3.63, 3.8) is 0 Å². The molecule has 1 heterocycles. The average Bonchev–Trinajstić information content (AvgIpc) is 3.25. The van der Waals surface area contributed by atoms with Gasteiger partial charge in [0.15, 0.2) is 0 Å². The molecule has 0 spiro atoms. The van der Waals surface area contributed by atoms with Crippen LogP contribution >= 0.6 is 0 Å². The van der Waals surface area contributed by atoms with E-state index in [1.807, 2.05) is 55.6 Å². The zero-order chi connectivity index (χ0) is 22.7. The Hall–Kier alpha value is -4.06. The number of carbonyl (C=O) groups excluding carboxylic acids is 2. The maximum Gasteiger partial charge on any atom is 0.338 e. The Bertz CT molecular complexity index is 1290. The molecule has 32 heavy (non-hydrogen) atoms. The van der Waals surface area contributed by atoms with Crippen molar-refractivity contribution in [2.75, 3.05) is 14.2 Å². The minimum Gasteiger partial charge on any atom is -0.496 e. The number of rotatable bonds is 6. The minimum atomic E-state index is -0.422. The Kier molecular flexibility index (Phi) is 5.94. The van der Waals surface area contributed by atoms with Crippen molar-refractivity contribution in [1.29, 1.82) is 0 Å². The lowest BCUT2D eigenvalue weighted by Crippen LogP contribution is -2.06. The van der Waals surface area contributed by atoms with Crippen LogP contribution in [0.25, 0.3) is 22.0 Å². The summed E-state index contributed by atoms with van der Waals surface area (Å²) in [4.78, 5) is 27.9. The first-order valence-corrected chi connectivity index (χ1v) is 10.1. The second kappa shape index (κ2) is 8.98. The van der Waals surface area contributed by atoms with Crippen LogP contribution in [0.2, 0.25) is 0 Å². The molecule has 6 nitrogen and oxygen atoms in total. The number of H-pyrrole nitrogens is 1. The number of fused-ring (bicyclic) bond motifs is 1. The number of nitrogens with one attached hydrogen (secondary N) is 1. The third kappa shape index (κ3) is 3.95. The van der Waals surface area contributed by atoms with Gasteiger partial charge in [-0.2, -0.15) is 0 Å². The van der Waals surface area contributed by atoms with Gasteiger partial charge in [0.25, 0.3) is 0 Å². The highest BCUT2D eigenvalue weighted by molar-refractivity contribution is 6.03. The second-order valence-corrected chi connectivity index (χ2v) is 7.33. The lowest BCUT2D eigenvalue weighted by molar-refractivity contribution is 0.0472. The molecule has 0 unspecified atom stereocenters. The van der Waals surface area contributed by atoms with Gasteiger partial charge in [0.05, 0.1) is 25.3 Å². The smallest absolute Gasteiger partial charge is 0.338 e. The van der Waals surface area contributed by atoms with E-state index in [1.165, 1.54) is 7.11 Å². The molecule has 1 aromatic heterocycles. The molecule has 0 fully saturated rings. The van der Waals surface area contributed by atoms with Gasteiger partial charge < -0.3 is 19.2 Å². The number of aromatic amines is 1. The fourth-order valence-electron chi connectivity index (χ4n) is 3.77. The maximum absolute atomic E-state index is 12.7. The summed E-state index contributed by atoms with van der Waals surface area (Å²) in [5.74, 6) is -0.243. The van der Waals surface area contributed by atoms with Crippen LogP contribution in [0, 0.1) is 6.92 Å². The summed E-state index contributed by atoms with van der Waals surface area (Å²) in [7, 11) is 2.91. The molecule has 0 aliphatic carbocycles. The molecule has 6 heteroatoms. The monoisotopic (exact) mass is 429 g/mol. The van der Waals surface area contributed by atoms with Gasteiger partial charge in [0, 0.05) is 33.8 Å². The van der Waals surface area contributed by atoms with Crippen LogP contribution < -0.4 is 4.74 Å². The molecular formula is C26H23NO5. The summed E-state index contributed by atoms with van der Waals surface area (Å²) in [6, 6.07) is 18.5. The Morgan fingerprint density at radius 2 is 1.69 bits per heavy atom. The van der Waals surface area contributed by atoms with Gasteiger partial charge in [-0.25, -0.2) is 9.59 Å². The van der Waals surface area contributed by atoms with Gasteiger partial charge >= 0.3 is 11.9 Å². The molecule has 0 aliphatic rings. The quantitative estimate of drug-likeness (QED) is 0.421. The zero-order valence-corrected chi connectivity index (χ0v) is 18.1. The van der Waals surface area contributed by atoms with E-state index in [9.17, 15) is 9.59 Å². The van der Waals surface area contributed by atoms with Crippen LogP contribution in [-0.4, -0.2) is 31.1 Å². The van der Waals surface area contributed by atoms with Crippen molar-refractivity contribution in [3.8, 4) is 16.9 Å². The molecule has 0 saturated carbocycles. The fraction of sp³-hybridized carbons (Fsp3) is 0.154. The van der Waals surface area contributed by atoms with Crippen molar-refractivity contribution in [3.05, 3.63) is 89.1 Å². The summed E-state index contributed by atoms with van der Waals surface area (Å²) < 4.78 is 16.0. The molecule has 0 amide bonds. The van der Waals surface area contributed by atoms with Gasteiger partial charge in [0.2, 0.25) is 0 Å². The van der Waals surface area contributed by atoms with E-state index in [0.717, 1.165) is 27.6 Å². The minimum absolute atomic E-state index is 0.208. The topological polar surface area (TPSA) is 77.6 Å². The molecular weight excluding hydrogens is 406 g/mol. The number of benzene rings is 3. The number of ether oxygens (including phenoxy) is 3. The van der Waals surface area contributed by atoms with Gasteiger partial charge in [-0.15, -0.1) is 0 Å². The molecule has 162 valence electrons. The van der Waals surface area contributed by atoms with Crippen molar-refractivity contribution in [2.24, 2.45) is 0 Å². The zero-order valence-electron chi connectivity index (χ0n) is 18.1. The van der Waals surface area contributed by atoms with Crippen LogP contribution in [-0.2, 0) is 16.1 Å². The van der Waals surface area contributed by atoms with E-state index in [4.69, 9.17) is 14.2 Å². The average molecular weight is 429 g/mol. The predicted molar refractivity (Wildman–Crippen MR) is 122 cm³/mol. The van der Waals surface area contributed by atoms with E-state index in [-0.39, 0.29) is 6.61 Å². The Balaban J connectivity index is 1.70. The number of hydrogen-bond donors (Lipinski definition) is 1. The third-order valence-electron chi connectivity index (χ3n) is 5.44. The van der Waals surface area contributed by atoms with Crippen molar-refractivity contribution < 1.29 is 23.8 Å². The highest BCUT2D eigenvalue weighted by Crippen LogP contribution is 2.38. The first-order valence-electron chi connectivity index (χ1n) is 10.1. The van der Waals surface area contributed by atoms with E-state index in [0.29, 0.717) is 22.4 Å². The molecule has 1 N–H and O–H groups in total. The van der Waals surface area contributed by atoms with Gasteiger partial charge in [-0.05, 0) is 42.8 Å². The normalized spacial score (nSPS) is 10.7. The van der Waals surface area contributed by atoms with Gasteiger partial charge in [-0.3, -0.25) is 0 Å². The first-order chi connectivity index (χ1) is 15.5. The maximum atomic E-state index is 12.7. The van der Waals surface area contributed by atoms with E-state index in [2.05, 4.69) is 4.98 Å². The number of hydrogen-bond acceptors (Lipinski definition) is 5. The summed E-state index contributed by atoms with van der Waals surface area (Å²) in [6.07, 6.45) is 1.86. The summed E-state index contributed by atoms with van der Waals surface area (Å²) in [5.41, 5.74) is 5.04. The Labute approximate surface area is 185 Å². The predicted octanol–water partition coefficient (Wildman–Crippen LogP) is 5.30. The fourth-order valence-corrected chi connectivity index (χ4v) is 3.77. The van der Waals surface area contributed by atoms with Crippen molar-refractivity contribution >= 4 is 22.8 Å². The van der Waals surface area contributed by atoms with E-state index < -0.39 is 11.9 Å². The van der Waals surface area contributed by atoms with Crippen LogP contribution in [0.4, 0.5) is 0 Å². The van der Waals surface area contributed by atoms with Crippen molar-refractivity contribution in [1.82, 2.24) is 4.98 Å². The molecule has 0 bridgehead atoms. The van der Waals surface area contributed by atoms with E-state index >= 15 is 0 Å². The molecule has 0 saturated heterocycles. The molecule has 0 atom stereocenters. The number of methoxy groups -OCH3 is 2. The molecule has 4 aromatic rings. The van der Waals surface area contributed by atoms with Crippen LogP contribution in [0.1, 0.15) is 31.8 Å². The highest BCUT2D eigenvalue weighted by Gasteiger charge is 2.20. The summed E-state index contributed by atoms with van der Waals surface area (Å²) in [5, 5.41) is 0.850. The molecule has 3 aromatic carbocycles. The lowest BCUT2D eigenvalue weighted by Gasteiger charge is -2.14. The number of carbonyl (C=O) groups is 2. The standard InChI is InChI=1S/C26H23NO5/c1-16-19(26(29)31-3)10-11-20(24(16)30-2)22-14-27-23-12-9-18(13-21(22)23)25(28)32-15-17-7-5-4-6-8-17/h4-14,27H,15H2,1-3H3. The van der Waals surface area contributed by atoms with Crippen LogP contribution in [0.15, 0.2) is 66.9 Å². The van der Waals surface area contributed by atoms with Crippen molar-refractivity contribution in [2.45, 2.75) is 13.5 Å². The highest BCUT2D eigenvalue weighted by atomic mass is 16.5. The van der Waals surface area contributed by atoms with Crippen LogP contribution in [0.5, 0.6) is 5.75 Å². The van der Waals surface area contributed by atoms with Gasteiger partial charge in [-0.1, -0.05) is 30.3 Å². The van der Waals surface area contributed by atoms with E-state index in [1.54, 1.807) is 25.3 Å². The van der Waals surface area contributed by atoms with Crippen LogP contribution in [0.3, 0.4) is 0 Å². The summed E-state index contributed by atoms with van der Waals surface area (Å²) >= 11 is 0. The second-order valence-electron chi connectivity index (χ2n) is 7.33. The number of esters is 2. The molecule has 0 aliphatic heterocycles. The largest absolute Gasteiger partial charge is 0.496 e. The Morgan fingerprint density at radius 3 is 2.41 bits per heavy atom. The third-order valence-corrected chi connectivity index (χ3v) is 5.44. The number of aromatic nitrogens is 1.